The number of nitrogens with two attached hydrogens (primary N) is 1. The second-order valence-electron chi connectivity index (χ2n) is 3.59. The number of ether oxygens (including phenoxy) is 2. The van der Waals surface area contributed by atoms with Gasteiger partial charge in [0.15, 0.2) is 0 Å². The Bertz CT molecular complexity index is 143. The molecule has 1 spiro atoms. The van der Waals surface area contributed by atoms with Crippen LogP contribution in [-0.4, -0.2) is 31.5 Å². The number of hydrogen-bond donors (Lipinski definition) is 1. The summed E-state index contributed by atoms with van der Waals surface area (Å²) in [6.45, 7) is 2.40. The Morgan fingerprint density at radius 2 is 2.27 bits per heavy atom. The SMILES string of the molecule is N[C@H]1CCO[C@]2(CCOC2)C1. The maximum atomic E-state index is 5.85. The van der Waals surface area contributed by atoms with Crippen LogP contribution in [0, 0.1) is 0 Å². The lowest BCUT2D eigenvalue weighted by Crippen LogP contribution is -2.45. The highest BCUT2D eigenvalue weighted by atomic mass is 16.6. The average Bonchev–Trinajstić information content (AvgIpc) is 2.37. The smallest absolute Gasteiger partial charge is 0.0951 e. The number of hydrogen-bond acceptors (Lipinski definition) is 3. The first-order valence-electron chi connectivity index (χ1n) is 4.28. The summed E-state index contributed by atoms with van der Waals surface area (Å²) in [5, 5.41) is 0. The Kier molecular flexibility index (Phi) is 1.87. The highest BCUT2D eigenvalue weighted by Crippen LogP contribution is 2.31. The van der Waals surface area contributed by atoms with E-state index in [1.54, 1.807) is 0 Å². The summed E-state index contributed by atoms with van der Waals surface area (Å²) < 4.78 is 11.0. The van der Waals surface area contributed by atoms with Crippen LogP contribution in [0.25, 0.3) is 0 Å². The van der Waals surface area contributed by atoms with Crippen LogP contribution in [0.1, 0.15) is 19.3 Å². The average molecular weight is 157 g/mol. The molecule has 0 aliphatic carbocycles. The van der Waals surface area contributed by atoms with Crippen molar-refractivity contribution in [2.75, 3.05) is 19.8 Å². The van der Waals surface area contributed by atoms with Crippen molar-refractivity contribution in [3.8, 4) is 0 Å². The molecule has 3 nitrogen and oxygen atoms in total. The van der Waals surface area contributed by atoms with Crippen molar-refractivity contribution in [2.24, 2.45) is 5.73 Å². The van der Waals surface area contributed by atoms with E-state index in [9.17, 15) is 0 Å². The van der Waals surface area contributed by atoms with Gasteiger partial charge in [0.25, 0.3) is 0 Å². The first-order chi connectivity index (χ1) is 5.31. The number of rotatable bonds is 0. The molecule has 2 atom stereocenters. The fourth-order valence-corrected chi connectivity index (χ4v) is 1.93. The van der Waals surface area contributed by atoms with Gasteiger partial charge in [0.2, 0.25) is 0 Å². The molecule has 0 bridgehead atoms. The largest absolute Gasteiger partial charge is 0.378 e. The lowest BCUT2D eigenvalue weighted by Gasteiger charge is -2.35. The highest BCUT2D eigenvalue weighted by molar-refractivity contribution is 4.91. The van der Waals surface area contributed by atoms with E-state index in [0.717, 1.165) is 39.1 Å². The van der Waals surface area contributed by atoms with Gasteiger partial charge in [-0.25, -0.2) is 0 Å². The van der Waals surface area contributed by atoms with E-state index in [1.165, 1.54) is 0 Å². The van der Waals surface area contributed by atoms with Crippen molar-refractivity contribution in [2.45, 2.75) is 30.9 Å². The molecule has 2 fully saturated rings. The zero-order valence-corrected chi connectivity index (χ0v) is 6.71. The Morgan fingerprint density at radius 3 is 2.91 bits per heavy atom. The van der Waals surface area contributed by atoms with E-state index in [2.05, 4.69) is 0 Å². The van der Waals surface area contributed by atoms with E-state index < -0.39 is 0 Å². The van der Waals surface area contributed by atoms with Crippen molar-refractivity contribution in [1.29, 1.82) is 0 Å². The normalized spacial score (nSPS) is 45.0. The minimum absolute atomic E-state index is 0.00231. The van der Waals surface area contributed by atoms with E-state index in [0.29, 0.717) is 6.04 Å². The molecular formula is C8H15NO2. The van der Waals surface area contributed by atoms with Crippen LogP contribution < -0.4 is 5.73 Å². The molecule has 0 aromatic carbocycles. The van der Waals surface area contributed by atoms with Crippen molar-refractivity contribution in [3.63, 3.8) is 0 Å². The van der Waals surface area contributed by atoms with Gasteiger partial charge >= 0.3 is 0 Å². The second kappa shape index (κ2) is 2.73. The highest BCUT2D eigenvalue weighted by Gasteiger charge is 2.39. The minimum Gasteiger partial charge on any atom is -0.378 e. The van der Waals surface area contributed by atoms with Gasteiger partial charge in [0.05, 0.1) is 12.2 Å². The van der Waals surface area contributed by atoms with Crippen molar-refractivity contribution in [1.82, 2.24) is 0 Å². The summed E-state index contributed by atoms with van der Waals surface area (Å²) in [6.07, 6.45) is 3.01. The first kappa shape index (κ1) is 7.53. The molecule has 0 saturated carbocycles. The third-order valence-corrected chi connectivity index (χ3v) is 2.60. The van der Waals surface area contributed by atoms with Gasteiger partial charge in [0.1, 0.15) is 0 Å². The lowest BCUT2D eigenvalue weighted by molar-refractivity contribution is -0.0851. The molecule has 0 unspecified atom stereocenters. The molecule has 11 heavy (non-hydrogen) atoms. The molecule has 2 saturated heterocycles. The molecule has 3 heteroatoms. The standard InChI is InChI=1S/C8H15NO2/c9-7-1-3-11-8(5-7)2-4-10-6-8/h7H,1-6,9H2/t7-,8+/m0/s1. The lowest BCUT2D eigenvalue weighted by atomic mass is 9.90. The monoisotopic (exact) mass is 157 g/mol. The van der Waals surface area contributed by atoms with Gasteiger partial charge in [0, 0.05) is 25.7 Å². The van der Waals surface area contributed by atoms with Gasteiger partial charge in [-0.1, -0.05) is 0 Å². The van der Waals surface area contributed by atoms with Crippen molar-refractivity contribution >= 4 is 0 Å². The molecular weight excluding hydrogens is 142 g/mol. The molecule has 0 aromatic rings. The van der Waals surface area contributed by atoms with E-state index >= 15 is 0 Å². The Balaban J connectivity index is 2.00. The molecule has 64 valence electrons. The third-order valence-electron chi connectivity index (χ3n) is 2.60. The van der Waals surface area contributed by atoms with Crippen LogP contribution in [-0.2, 0) is 9.47 Å². The molecule has 2 N–H and O–H groups in total. The fourth-order valence-electron chi connectivity index (χ4n) is 1.93. The summed E-state index contributed by atoms with van der Waals surface area (Å²) in [6, 6.07) is 0.324. The summed E-state index contributed by atoms with van der Waals surface area (Å²) in [4.78, 5) is 0. The van der Waals surface area contributed by atoms with E-state index in [1.807, 2.05) is 0 Å². The maximum Gasteiger partial charge on any atom is 0.0951 e. The quantitative estimate of drug-likeness (QED) is 0.549. The molecule has 2 aliphatic heterocycles. The molecule has 0 radical (unpaired) electrons. The topological polar surface area (TPSA) is 44.5 Å². The van der Waals surface area contributed by atoms with E-state index in [-0.39, 0.29) is 5.60 Å². The van der Waals surface area contributed by atoms with Crippen LogP contribution in [0.4, 0.5) is 0 Å². The first-order valence-corrected chi connectivity index (χ1v) is 4.28. The minimum atomic E-state index is -0.00231. The Morgan fingerprint density at radius 1 is 1.36 bits per heavy atom. The molecule has 2 rings (SSSR count). The third kappa shape index (κ3) is 1.41. The molecule has 0 amide bonds. The molecule has 2 heterocycles. The van der Waals surface area contributed by atoms with Gasteiger partial charge in [-0.15, -0.1) is 0 Å². The van der Waals surface area contributed by atoms with Crippen LogP contribution in [0.3, 0.4) is 0 Å². The zero-order chi connectivity index (χ0) is 7.73. The van der Waals surface area contributed by atoms with E-state index in [4.69, 9.17) is 15.2 Å². The summed E-state index contributed by atoms with van der Waals surface area (Å²) in [7, 11) is 0. The van der Waals surface area contributed by atoms with Crippen molar-refractivity contribution < 1.29 is 9.47 Å². The van der Waals surface area contributed by atoms with Crippen LogP contribution in [0.5, 0.6) is 0 Å². The van der Waals surface area contributed by atoms with Crippen LogP contribution >= 0.6 is 0 Å². The second-order valence-corrected chi connectivity index (χ2v) is 3.59. The maximum absolute atomic E-state index is 5.85. The Labute approximate surface area is 66.8 Å². The van der Waals surface area contributed by atoms with Gasteiger partial charge in [-0.05, 0) is 12.8 Å². The predicted octanol–water partition coefficient (Wildman–Crippen LogP) is 0.283. The summed E-state index contributed by atoms with van der Waals surface area (Å²) in [5.74, 6) is 0. The van der Waals surface area contributed by atoms with Gasteiger partial charge in [-0.3, -0.25) is 0 Å². The summed E-state index contributed by atoms with van der Waals surface area (Å²) >= 11 is 0. The fraction of sp³-hybridized carbons (Fsp3) is 1.00. The molecule has 2 aliphatic rings. The van der Waals surface area contributed by atoms with Gasteiger partial charge < -0.3 is 15.2 Å². The van der Waals surface area contributed by atoms with Crippen molar-refractivity contribution in [3.05, 3.63) is 0 Å². The predicted molar refractivity (Wildman–Crippen MR) is 41.3 cm³/mol. The zero-order valence-electron chi connectivity index (χ0n) is 6.71. The Hall–Kier alpha value is -0.120. The summed E-state index contributed by atoms with van der Waals surface area (Å²) in [5.41, 5.74) is 5.85. The van der Waals surface area contributed by atoms with Crippen LogP contribution in [0.2, 0.25) is 0 Å². The van der Waals surface area contributed by atoms with Crippen LogP contribution in [0.15, 0.2) is 0 Å². The molecule has 0 aromatic heterocycles. The van der Waals surface area contributed by atoms with Gasteiger partial charge in [-0.2, -0.15) is 0 Å².